The van der Waals surface area contributed by atoms with Crippen LogP contribution in [-0.4, -0.2) is 16.1 Å². The lowest BCUT2D eigenvalue weighted by molar-refractivity contribution is -0.141. The highest BCUT2D eigenvalue weighted by Crippen LogP contribution is 2.32. The maximum atomic E-state index is 12.7. The van der Waals surface area contributed by atoms with Crippen LogP contribution in [0.25, 0.3) is 10.9 Å². The lowest BCUT2D eigenvalue weighted by Gasteiger charge is -2.10. The molecule has 0 aliphatic rings. The van der Waals surface area contributed by atoms with Crippen molar-refractivity contribution in [2.45, 2.75) is 6.18 Å². The number of carboxylic acid groups (broad SMARTS) is 1. The predicted octanol–water partition coefficient (Wildman–Crippen LogP) is 2.93. The Kier molecular flexibility index (Phi) is 2.91. The van der Waals surface area contributed by atoms with Crippen molar-refractivity contribution in [1.82, 2.24) is 4.98 Å². The number of rotatable bonds is 1. The zero-order chi connectivity index (χ0) is 14.2. The molecule has 0 amide bonds. The summed E-state index contributed by atoms with van der Waals surface area (Å²) in [4.78, 5) is 14.3. The number of benzene rings is 1. The van der Waals surface area contributed by atoms with Crippen LogP contribution in [0.1, 0.15) is 21.6 Å². The molecule has 0 saturated heterocycles. The van der Waals surface area contributed by atoms with Crippen LogP contribution in [0.5, 0.6) is 0 Å². The Morgan fingerprint density at radius 1 is 1.32 bits per heavy atom. The number of aromatic carboxylic acids is 1. The summed E-state index contributed by atoms with van der Waals surface area (Å²) in [5.41, 5.74) is -1.84. The first-order valence-electron chi connectivity index (χ1n) is 5.05. The maximum Gasteiger partial charge on any atom is 0.434 e. The van der Waals surface area contributed by atoms with Crippen LogP contribution >= 0.6 is 0 Å². The molecule has 0 fully saturated rings. The third kappa shape index (κ3) is 2.36. The van der Waals surface area contributed by atoms with Gasteiger partial charge in [-0.3, -0.25) is 0 Å². The van der Waals surface area contributed by atoms with Gasteiger partial charge in [-0.15, -0.1) is 6.42 Å². The van der Waals surface area contributed by atoms with Crippen LogP contribution in [0.3, 0.4) is 0 Å². The second-order valence-electron chi connectivity index (χ2n) is 3.74. The van der Waals surface area contributed by atoms with Gasteiger partial charge in [0.15, 0.2) is 5.69 Å². The molecule has 1 heterocycles. The Morgan fingerprint density at radius 3 is 2.53 bits per heavy atom. The molecule has 0 aliphatic carbocycles. The molecule has 3 nitrogen and oxygen atoms in total. The second-order valence-corrected chi connectivity index (χ2v) is 3.74. The fourth-order valence-electron chi connectivity index (χ4n) is 1.65. The van der Waals surface area contributed by atoms with Gasteiger partial charge in [0.1, 0.15) is 0 Å². The number of halogens is 3. The number of hydrogen-bond donors (Lipinski definition) is 1. The first kappa shape index (κ1) is 12.9. The molecule has 0 radical (unpaired) electrons. The summed E-state index contributed by atoms with van der Waals surface area (Å²) < 4.78 is 38.2. The average molecular weight is 265 g/mol. The molecule has 1 N–H and O–H groups in total. The number of aromatic nitrogens is 1. The second kappa shape index (κ2) is 4.28. The molecule has 6 heteroatoms. The summed E-state index contributed by atoms with van der Waals surface area (Å²) in [6, 6.07) is 5.10. The summed E-state index contributed by atoms with van der Waals surface area (Å²) in [6.45, 7) is 0. The van der Waals surface area contributed by atoms with E-state index in [9.17, 15) is 18.0 Å². The number of carboxylic acids is 1. The highest BCUT2D eigenvalue weighted by atomic mass is 19.4. The Hall–Kier alpha value is -2.55. The third-order valence-corrected chi connectivity index (χ3v) is 2.48. The van der Waals surface area contributed by atoms with E-state index < -0.39 is 23.4 Å². The molecule has 0 aliphatic heterocycles. The van der Waals surface area contributed by atoms with Gasteiger partial charge in [0.05, 0.1) is 11.1 Å². The molecule has 0 atom stereocenters. The van der Waals surface area contributed by atoms with Crippen molar-refractivity contribution in [3.05, 3.63) is 41.1 Å². The minimum Gasteiger partial charge on any atom is -0.478 e. The van der Waals surface area contributed by atoms with Crippen molar-refractivity contribution < 1.29 is 23.1 Å². The van der Waals surface area contributed by atoms with E-state index in [4.69, 9.17) is 11.5 Å². The number of nitrogens with zero attached hydrogens (tertiary/aromatic N) is 1. The standard InChI is InChI=1S/C13H6F3NO2/c1-2-7-3-4-10-8(5-7)6-9(12(18)19)11(17-10)13(14,15)16/h1,3-6H,(H,18,19). The quantitative estimate of drug-likeness (QED) is 0.806. The van der Waals surface area contributed by atoms with Crippen LogP contribution in [0.15, 0.2) is 24.3 Å². The van der Waals surface area contributed by atoms with E-state index in [1.165, 1.54) is 18.2 Å². The van der Waals surface area contributed by atoms with E-state index in [0.717, 1.165) is 6.07 Å². The van der Waals surface area contributed by atoms with Gasteiger partial charge >= 0.3 is 12.1 Å². The number of fused-ring (bicyclic) bond motifs is 1. The molecule has 19 heavy (non-hydrogen) atoms. The first-order valence-corrected chi connectivity index (χ1v) is 5.05. The van der Waals surface area contributed by atoms with E-state index in [1.54, 1.807) is 0 Å². The number of pyridine rings is 1. The zero-order valence-electron chi connectivity index (χ0n) is 9.32. The highest BCUT2D eigenvalue weighted by Gasteiger charge is 2.37. The maximum absolute atomic E-state index is 12.7. The van der Waals surface area contributed by atoms with E-state index in [2.05, 4.69) is 10.9 Å². The van der Waals surface area contributed by atoms with Crippen molar-refractivity contribution in [3.63, 3.8) is 0 Å². The monoisotopic (exact) mass is 265 g/mol. The van der Waals surface area contributed by atoms with Crippen molar-refractivity contribution in [3.8, 4) is 12.3 Å². The smallest absolute Gasteiger partial charge is 0.434 e. The molecule has 96 valence electrons. The number of alkyl halides is 3. The highest BCUT2D eigenvalue weighted by molar-refractivity contribution is 5.94. The van der Waals surface area contributed by atoms with Gasteiger partial charge in [-0.25, -0.2) is 9.78 Å². The fourth-order valence-corrected chi connectivity index (χ4v) is 1.65. The van der Waals surface area contributed by atoms with Gasteiger partial charge in [-0.05, 0) is 24.3 Å². The van der Waals surface area contributed by atoms with E-state index >= 15 is 0 Å². The molecular weight excluding hydrogens is 259 g/mol. The molecule has 2 rings (SSSR count). The summed E-state index contributed by atoms with van der Waals surface area (Å²) in [5, 5.41) is 9.09. The summed E-state index contributed by atoms with van der Waals surface area (Å²) in [7, 11) is 0. The van der Waals surface area contributed by atoms with Gasteiger partial charge in [0, 0.05) is 10.9 Å². The lowest BCUT2D eigenvalue weighted by atomic mass is 10.1. The Balaban J connectivity index is 2.81. The van der Waals surface area contributed by atoms with Gasteiger partial charge in [-0.1, -0.05) is 5.92 Å². The van der Waals surface area contributed by atoms with Crippen molar-refractivity contribution in [2.24, 2.45) is 0 Å². The van der Waals surface area contributed by atoms with Gasteiger partial charge < -0.3 is 5.11 Å². The summed E-state index contributed by atoms with van der Waals surface area (Å²) >= 11 is 0. The zero-order valence-corrected chi connectivity index (χ0v) is 9.32. The molecule has 1 aromatic carbocycles. The Labute approximate surface area is 105 Å². The fraction of sp³-hybridized carbons (Fsp3) is 0.0769. The van der Waals surface area contributed by atoms with Gasteiger partial charge in [-0.2, -0.15) is 13.2 Å². The largest absolute Gasteiger partial charge is 0.478 e. The van der Waals surface area contributed by atoms with Crippen molar-refractivity contribution in [2.75, 3.05) is 0 Å². The predicted molar refractivity (Wildman–Crippen MR) is 61.6 cm³/mol. The van der Waals surface area contributed by atoms with Crippen LogP contribution in [0.4, 0.5) is 13.2 Å². The van der Waals surface area contributed by atoms with E-state index in [1.807, 2.05) is 0 Å². The number of hydrogen-bond acceptors (Lipinski definition) is 2. The molecule has 2 aromatic rings. The topological polar surface area (TPSA) is 50.2 Å². The normalized spacial score (nSPS) is 11.3. The molecule has 0 saturated carbocycles. The average Bonchev–Trinajstić information content (AvgIpc) is 2.35. The third-order valence-electron chi connectivity index (χ3n) is 2.48. The molecular formula is C13H6F3NO2. The van der Waals surface area contributed by atoms with Crippen LogP contribution in [-0.2, 0) is 6.18 Å². The molecule has 1 aromatic heterocycles. The molecule has 0 spiro atoms. The summed E-state index contributed by atoms with van der Waals surface area (Å²) in [6.07, 6.45) is 0.344. The lowest BCUT2D eigenvalue weighted by Crippen LogP contribution is -2.15. The Morgan fingerprint density at radius 2 is 2.00 bits per heavy atom. The SMILES string of the molecule is C#Cc1ccc2nc(C(F)(F)F)c(C(=O)O)cc2c1. The van der Waals surface area contributed by atoms with Crippen LogP contribution in [0, 0.1) is 12.3 Å². The van der Waals surface area contributed by atoms with E-state index in [-0.39, 0.29) is 10.9 Å². The molecule has 0 unspecified atom stereocenters. The number of carbonyl (C=O) groups is 1. The minimum atomic E-state index is -4.83. The van der Waals surface area contributed by atoms with Crippen molar-refractivity contribution in [1.29, 1.82) is 0 Å². The minimum absolute atomic E-state index is 0.0383. The Bertz CT molecular complexity index is 714. The van der Waals surface area contributed by atoms with Crippen molar-refractivity contribution >= 4 is 16.9 Å². The summed E-state index contributed by atoms with van der Waals surface area (Å²) in [5.74, 6) is 0.628. The van der Waals surface area contributed by atoms with Crippen LogP contribution < -0.4 is 0 Å². The van der Waals surface area contributed by atoms with E-state index in [0.29, 0.717) is 5.56 Å². The van der Waals surface area contributed by atoms with Gasteiger partial charge in [0.2, 0.25) is 0 Å². The van der Waals surface area contributed by atoms with Crippen LogP contribution in [0.2, 0.25) is 0 Å². The molecule has 0 bridgehead atoms. The number of terminal acetylenes is 1. The van der Waals surface area contributed by atoms with Gasteiger partial charge in [0.25, 0.3) is 0 Å². The first-order chi connectivity index (χ1) is 8.82.